The van der Waals surface area contributed by atoms with Crippen LogP contribution in [0.2, 0.25) is 0 Å². The number of carbonyl (C=O) groups excluding carboxylic acids is 1. The van der Waals surface area contributed by atoms with Crippen LogP contribution in [-0.2, 0) is 11.3 Å². The van der Waals surface area contributed by atoms with Gasteiger partial charge in [-0.2, -0.15) is 5.10 Å². The van der Waals surface area contributed by atoms with Crippen LogP contribution in [0.4, 0.5) is 4.79 Å². The number of urea groups is 1. The molecule has 4 rings (SSSR count). The van der Waals surface area contributed by atoms with Gasteiger partial charge in [0.05, 0.1) is 29.6 Å². The maximum Gasteiger partial charge on any atom is 0.317 e. The molecule has 7 nitrogen and oxygen atoms in total. The molecule has 32 heavy (non-hydrogen) atoms. The molecular weight excluding hydrogens is 404 g/mol. The highest BCUT2D eigenvalue weighted by molar-refractivity contribution is 5.74. The molecule has 2 heterocycles. The first-order chi connectivity index (χ1) is 15.7. The lowest BCUT2D eigenvalue weighted by Crippen LogP contribution is -2.43. The Kier molecular flexibility index (Phi) is 7.07. The van der Waals surface area contributed by atoms with Crippen LogP contribution in [0.3, 0.4) is 0 Å². The number of hydrogen-bond donors (Lipinski definition) is 1. The molecule has 0 saturated carbocycles. The zero-order valence-corrected chi connectivity index (χ0v) is 18.7. The summed E-state index contributed by atoms with van der Waals surface area (Å²) in [6.07, 6.45) is 2.05. The number of carbonyl (C=O) groups is 1. The summed E-state index contributed by atoms with van der Waals surface area (Å²) in [5.74, 6) is 1.33. The summed E-state index contributed by atoms with van der Waals surface area (Å²) in [5, 5.41) is 7.70. The molecule has 0 spiro atoms. The van der Waals surface area contributed by atoms with Crippen LogP contribution in [0.5, 0.6) is 11.6 Å². The Morgan fingerprint density at radius 2 is 1.91 bits per heavy atom. The predicted octanol–water partition coefficient (Wildman–Crippen LogP) is 4.68. The number of aryl methyl sites for hydroxylation is 1. The standard InChI is InChI=1S/C25H30N4O3/c1-3-26-25(30)28(17-22-15-10-16-31-22)18-23-19(2)27-29(20-11-6-4-7-12-20)24(23)32-21-13-8-5-9-14-21/h4-9,11-14,22H,3,10,15-18H2,1-2H3,(H,26,30)/t22-/m1/s1. The summed E-state index contributed by atoms with van der Waals surface area (Å²) >= 11 is 0. The van der Waals surface area contributed by atoms with Crippen LogP contribution in [0, 0.1) is 6.92 Å². The van der Waals surface area contributed by atoms with E-state index in [0.717, 1.165) is 42.1 Å². The fourth-order valence-electron chi connectivity index (χ4n) is 3.88. The van der Waals surface area contributed by atoms with Crippen LogP contribution in [-0.4, -0.2) is 46.5 Å². The lowest BCUT2D eigenvalue weighted by Gasteiger charge is -2.26. The molecule has 1 aliphatic heterocycles. The lowest BCUT2D eigenvalue weighted by molar-refractivity contribution is 0.0793. The fourth-order valence-corrected chi connectivity index (χ4v) is 3.88. The minimum absolute atomic E-state index is 0.0561. The van der Waals surface area contributed by atoms with Crippen molar-refractivity contribution < 1.29 is 14.3 Å². The Balaban J connectivity index is 1.70. The molecule has 0 unspecified atom stereocenters. The third-order valence-electron chi connectivity index (χ3n) is 5.51. The van der Waals surface area contributed by atoms with Gasteiger partial charge in [-0.15, -0.1) is 0 Å². The SMILES string of the molecule is CCNC(=O)N(Cc1c(C)nn(-c2ccccc2)c1Oc1ccccc1)C[C@H]1CCCO1. The smallest absolute Gasteiger partial charge is 0.317 e. The van der Waals surface area contributed by atoms with E-state index in [1.807, 2.05) is 74.5 Å². The Morgan fingerprint density at radius 1 is 1.19 bits per heavy atom. The largest absolute Gasteiger partial charge is 0.439 e. The highest BCUT2D eigenvalue weighted by Gasteiger charge is 2.27. The first-order valence-electron chi connectivity index (χ1n) is 11.2. The molecule has 1 aromatic heterocycles. The molecule has 1 aliphatic rings. The van der Waals surface area contributed by atoms with Gasteiger partial charge in [0.1, 0.15) is 5.75 Å². The molecule has 0 bridgehead atoms. The van der Waals surface area contributed by atoms with Crippen molar-refractivity contribution in [3.05, 3.63) is 71.9 Å². The number of hydrogen-bond acceptors (Lipinski definition) is 4. The van der Waals surface area contributed by atoms with Gasteiger partial charge in [0, 0.05) is 19.7 Å². The van der Waals surface area contributed by atoms with Gasteiger partial charge < -0.3 is 19.7 Å². The highest BCUT2D eigenvalue weighted by atomic mass is 16.5. The molecule has 1 saturated heterocycles. The van der Waals surface area contributed by atoms with Gasteiger partial charge in [-0.1, -0.05) is 36.4 Å². The molecule has 1 N–H and O–H groups in total. The number of para-hydroxylation sites is 2. The van der Waals surface area contributed by atoms with Gasteiger partial charge in [0.2, 0.25) is 5.88 Å². The van der Waals surface area contributed by atoms with Crippen molar-refractivity contribution in [2.24, 2.45) is 0 Å². The molecule has 2 amide bonds. The molecule has 7 heteroatoms. The van der Waals surface area contributed by atoms with E-state index >= 15 is 0 Å². The molecule has 1 fully saturated rings. The molecule has 0 radical (unpaired) electrons. The van der Waals surface area contributed by atoms with Crippen molar-refractivity contribution in [1.82, 2.24) is 20.0 Å². The van der Waals surface area contributed by atoms with E-state index in [9.17, 15) is 4.79 Å². The number of aromatic nitrogens is 2. The molecule has 2 aromatic carbocycles. The second kappa shape index (κ2) is 10.3. The predicted molar refractivity (Wildman–Crippen MR) is 123 cm³/mol. The molecule has 1 atom stereocenters. The van der Waals surface area contributed by atoms with Crippen LogP contribution >= 0.6 is 0 Å². The van der Waals surface area contributed by atoms with Crippen molar-refractivity contribution in [3.63, 3.8) is 0 Å². The second-order valence-corrected chi connectivity index (χ2v) is 7.88. The monoisotopic (exact) mass is 434 g/mol. The Labute approximate surface area is 188 Å². The van der Waals surface area contributed by atoms with Crippen molar-refractivity contribution >= 4 is 6.03 Å². The molecule has 168 valence electrons. The average Bonchev–Trinajstić information content (AvgIpc) is 3.43. The lowest BCUT2D eigenvalue weighted by atomic mass is 10.2. The van der Waals surface area contributed by atoms with E-state index in [1.54, 1.807) is 9.58 Å². The van der Waals surface area contributed by atoms with Crippen molar-refractivity contribution in [1.29, 1.82) is 0 Å². The summed E-state index contributed by atoms with van der Waals surface area (Å²) in [5.41, 5.74) is 2.60. The summed E-state index contributed by atoms with van der Waals surface area (Å²) < 4.78 is 13.9. The van der Waals surface area contributed by atoms with E-state index in [-0.39, 0.29) is 12.1 Å². The average molecular weight is 435 g/mol. The minimum atomic E-state index is -0.111. The normalized spacial score (nSPS) is 15.5. The zero-order valence-electron chi connectivity index (χ0n) is 18.7. The third-order valence-corrected chi connectivity index (χ3v) is 5.51. The van der Waals surface area contributed by atoms with Gasteiger partial charge in [0.15, 0.2) is 0 Å². The van der Waals surface area contributed by atoms with Crippen molar-refractivity contribution in [2.75, 3.05) is 19.7 Å². The molecule has 3 aromatic rings. The number of amides is 2. The van der Waals surface area contributed by atoms with Crippen LogP contribution in [0.25, 0.3) is 5.69 Å². The summed E-state index contributed by atoms with van der Waals surface area (Å²) in [6.45, 7) is 6.11. The summed E-state index contributed by atoms with van der Waals surface area (Å²) in [6, 6.07) is 19.4. The number of benzene rings is 2. The zero-order chi connectivity index (χ0) is 22.3. The number of ether oxygens (including phenoxy) is 2. The first kappa shape index (κ1) is 21.9. The molecule has 0 aliphatic carbocycles. The minimum Gasteiger partial charge on any atom is -0.439 e. The number of nitrogens with one attached hydrogen (secondary N) is 1. The highest BCUT2D eigenvalue weighted by Crippen LogP contribution is 2.32. The van der Waals surface area contributed by atoms with E-state index in [4.69, 9.17) is 14.6 Å². The first-order valence-corrected chi connectivity index (χ1v) is 11.2. The third kappa shape index (κ3) is 5.11. The van der Waals surface area contributed by atoms with Crippen molar-refractivity contribution in [3.8, 4) is 17.3 Å². The summed E-state index contributed by atoms with van der Waals surface area (Å²) in [7, 11) is 0. The number of nitrogens with zero attached hydrogens (tertiary/aromatic N) is 3. The topological polar surface area (TPSA) is 68.6 Å². The quantitative estimate of drug-likeness (QED) is 0.559. The Morgan fingerprint density at radius 3 is 2.56 bits per heavy atom. The van der Waals surface area contributed by atoms with Crippen LogP contribution < -0.4 is 10.1 Å². The van der Waals surface area contributed by atoms with Gasteiger partial charge in [-0.25, -0.2) is 9.48 Å². The van der Waals surface area contributed by atoms with Crippen LogP contribution in [0.15, 0.2) is 60.7 Å². The van der Waals surface area contributed by atoms with Gasteiger partial charge in [0.25, 0.3) is 0 Å². The van der Waals surface area contributed by atoms with Crippen molar-refractivity contribution in [2.45, 2.75) is 39.3 Å². The van der Waals surface area contributed by atoms with E-state index < -0.39 is 0 Å². The maximum atomic E-state index is 12.9. The second-order valence-electron chi connectivity index (χ2n) is 7.88. The van der Waals surface area contributed by atoms with E-state index in [1.165, 1.54) is 0 Å². The molecular formula is C25H30N4O3. The van der Waals surface area contributed by atoms with Gasteiger partial charge in [-0.05, 0) is 51.0 Å². The van der Waals surface area contributed by atoms with Gasteiger partial charge in [-0.3, -0.25) is 0 Å². The van der Waals surface area contributed by atoms with Gasteiger partial charge >= 0.3 is 6.03 Å². The Bertz CT molecular complexity index is 1010. The maximum absolute atomic E-state index is 12.9. The van der Waals surface area contributed by atoms with Crippen LogP contribution in [0.1, 0.15) is 31.0 Å². The van der Waals surface area contributed by atoms with E-state index in [2.05, 4.69) is 5.32 Å². The Hall–Kier alpha value is -3.32. The summed E-state index contributed by atoms with van der Waals surface area (Å²) in [4.78, 5) is 14.7. The fraction of sp³-hybridized carbons (Fsp3) is 0.360. The van der Waals surface area contributed by atoms with E-state index in [0.29, 0.717) is 25.5 Å². The number of rotatable bonds is 8.